The number of amides is 2. The van der Waals surface area contributed by atoms with Crippen molar-refractivity contribution in [2.24, 2.45) is 0 Å². The molecule has 3 rings (SSSR count). The third-order valence-electron chi connectivity index (χ3n) is 4.17. The number of carbonyl (C=O) groups excluding carboxylic acids is 1. The van der Waals surface area contributed by atoms with Gasteiger partial charge in [-0.2, -0.15) is 0 Å². The maximum Gasteiger partial charge on any atom is 0.317 e. The largest absolute Gasteiger partial charge is 0.336 e. The van der Waals surface area contributed by atoms with Crippen molar-refractivity contribution in [2.45, 2.75) is 38.8 Å². The summed E-state index contributed by atoms with van der Waals surface area (Å²) < 4.78 is 0. The van der Waals surface area contributed by atoms with Crippen LogP contribution in [0.2, 0.25) is 0 Å². The fourth-order valence-electron chi connectivity index (χ4n) is 2.82. The molecule has 4 heteroatoms. The number of benzene rings is 1. The molecule has 2 amide bonds. The van der Waals surface area contributed by atoms with Crippen LogP contribution in [0, 0.1) is 0 Å². The number of fused-ring (bicyclic) bond motifs is 1. The van der Waals surface area contributed by atoms with Crippen LogP contribution in [0.5, 0.6) is 0 Å². The molecule has 0 radical (unpaired) electrons. The second-order valence-electron chi connectivity index (χ2n) is 5.92. The Bertz CT molecular complexity index is 623. The molecule has 1 atom stereocenters. The molecule has 2 heterocycles. The summed E-state index contributed by atoms with van der Waals surface area (Å²) in [5, 5.41) is 5.25. The van der Waals surface area contributed by atoms with E-state index in [1.54, 1.807) is 11.3 Å². The number of urea groups is 1. The number of hydrogen-bond donors (Lipinski definition) is 1. The number of rotatable bonds is 4. The van der Waals surface area contributed by atoms with Gasteiger partial charge >= 0.3 is 6.03 Å². The first-order valence-corrected chi connectivity index (χ1v) is 8.75. The Kier molecular flexibility index (Phi) is 4.78. The van der Waals surface area contributed by atoms with Crippen molar-refractivity contribution in [1.29, 1.82) is 0 Å². The van der Waals surface area contributed by atoms with E-state index in [2.05, 4.69) is 48.0 Å². The zero-order chi connectivity index (χ0) is 15.4. The van der Waals surface area contributed by atoms with Crippen molar-refractivity contribution in [3.8, 4) is 0 Å². The van der Waals surface area contributed by atoms with Crippen molar-refractivity contribution in [3.05, 3.63) is 57.8 Å². The number of nitrogens with one attached hydrogen (secondary N) is 1. The van der Waals surface area contributed by atoms with Gasteiger partial charge in [-0.05, 0) is 48.8 Å². The van der Waals surface area contributed by atoms with E-state index in [4.69, 9.17) is 0 Å². The molecule has 1 N–H and O–H groups in total. The molecule has 2 aromatic rings. The second kappa shape index (κ2) is 6.97. The van der Waals surface area contributed by atoms with Crippen LogP contribution in [0.25, 0.3) is 0 Å². The predicted molar refractivity (Wildman–Crippen MR) is 91.2 cm³/mol. The molecule has 0 unspecified atom stereocenters. The first-order valence-electron chi connectivity index (χ1n) is 7.87. The summed E-state index contributed by atoms with van der Waals surface area (Å²) in [4.78, 5) is 15.7. The Morgan fingerprint density at radius 2 is 2.14 bits per heavy atom. The maximum absolute atomic E-state index is 12.4. The lowest BCUT2D eigenvalue weighted by molar-refractivity contribution is 0.189. The number of hydrogen-bond acceptors (Lipinski definition) is 2. The summed E-state index contributed by atoms with van der Waals surface area (Å²) in [7, 11) is 0. The lowest BCUT2D eigenvalue weighted by atomic mass is 10.1. The van der Waals surface area contributed by atoms with E-state index in [0.29, 0.717) is 0 Å². The highest BCUT2D eigenvalue weighted by atomic mass is 32.1. The molecular weight excluding hydrogens is 292 g/mol. The second-order valence-corrected chi connectivity index (χ2v) is 6.92. The Morgan fingerprint density at radius 3 is 2.95 bits per heavy atom. The van der Waals surface area contributed by atoms with E-state index in [1.807, 2.05) is 11.0 Å². The Morgan fingerprint density at radius 1 is 1.32 bits per heavy atom. The van der Waals surface area contributed by atoms with Gasteiger partial charge in [-0.15, -0.1) is 11.3 Å². The van der Waals surface area contributed by atoms with E-state index in [0.717, 1.165) is 32.4 Å². The van der Waals surface area contributed by atoms with Gasteiger partial charge in [0.15, 0.2) is 0 Å². The van der Waals surface area contributed by atoms with E-state index in [1.165, 1.54) is 16.0 Å². The van der Waals surface area contributed by atoms with Crippen LogP contribution in [-0.4, -0.2) is 23.5 Å². The lowest BCUT2D eigenvalue weighted by Gasteiger charge is -2.28. The Labute approximate surface area is 136 Å². The van der Waals surface area contributed by atoms with Crippen LogP contribution in [0.1, 0.15) is 29.3 Å². The SMILES string of the molecule is C[C@H](CCc1ccccc1)NC(=O)N1CCc2sccc2C1. The topological polar surface area (TPSA) is 32.3 Å². The van der Waals surface area contributed by atoms with Crippen LogP contribution < -0.4 is 5.32 Å². The minimum Gasteiger partial charge on any atom is -0.336 e. The third kappa shape index (κ3) is 3.69. The molecule has 0 saturated carbocycles. The average Bonchev–Trinajstić information content (AvgIpc) is 3.01. The van der Waals surface area contributed by atoms with Gasteiger partial charge in [0.1, 0.15) is 0 Å². The van der Waals surface area contributed by atoms with Crippen molar-refractivity contribution in [1.82, 2.24) is 10.2 Å². The van der Waals surface area contributed by atoms with E-state index < -0.39 is 0 Å². The third-order valence-corrected chi connectivity index (χ3v) is 5.20. The van der Waals surface area contributed by atoms with E-state index in [-0.39, 0.29) is 12.1 Å². The fourth-order valence-corrected chi connectivity index (χ4v) is 3.71. The quantitative estimate of drug-likeness (QED) is 0.914. The molecule has 116 valence electrons. The van der Waals surface area contributed by atoms with Crippen molar-refractivity contribution in [2.75, 3.05) is 6.54 Å². The maximum atomic E-state index is 12.4. The van der Waals surface area contributed by atoms with Gasteiger partial charge in [-0.25, -0.2) is 4.79 Å². The predicted octanol–water partition coefficient (Wildman–Crippen LogP) is 3.84. The smallest absolute Gasteiger partial charge is 0.317 e. The van der Waals surface area contributed by atoms with Gasteiger partial charge in [0.2, 0.25) is 0 Å². The summed E-state index contributed by atoms with van der Waals surface area (Å²) in [5.41, 5.74) is 2.63. The molecule has 1 aliphatic heterocycles. The van der Waals surface area contributed by atoms with Gasteiger partial charge < -0.3 is 10.2 Å². The van der Waals surface area contributed by atoms with E-state index in [9.17, 15) is 4.79 Å². The standard InChI is InChI=1S/C18H22N2OS/c1-14(7-8-15-5-3-2-4-6-15)19-18(21)20-11-9-17-16(13-20)10-12-22-17/h2-6,10,12,14H,7-9,11,13H2,1H3,(H,19,21)/t14-/m1/s1. The molecule has 0 bridgehead atoms. The van der Waals surface area contributed by atoms with Crippen molar-refractivity contribution in [3.63, 3.8) is 0 Å². The van der Waals surface area contributed by atoms with Crippen LogP contribution in [0.3, 0.4) is 0 Å². The van der Waals surface area contributed by atoms with Crippen LogP contribution >= 0.6 is 11.3 Å². The monoisotopic (exact) mass is 314 g/mol. The first kappa shape index (κ1) is 15.1. The lowest BCUT2D eigenvalue weighted by Crippen LogP contribution is -2.45. The number of aryl methyl sites for hydroxylation is 1. The number of carbonyl (C=O) groups is 1. The normalized spacial score (nSPS) is 15.2. The molecule has 3 nitrogen and oxygen atoms in total. The van der Waals surface area contributed by atoms with Gasteiger partial charge in [-0.1, -0.05) is 30.3 Å². The van der Waals surface area contributed by atoms with Crippen LogP contribution in [0.15, 0.2) is 41.8 Å². The van der Waals surface area contributed by atoms with Gasteiger partial charge in [-0.3, -0.25) is 0 Å². The summed E-state index contributed by atoms with van der Waals surface area (Å²) in [6.45, 7) is 3.65. The molecule has 22 heavy (non-hydrogen) atoms. The molecule has 0 spiro atoms. The van der Waals surface area contributed by atoms with Crippen molar-refractivity contribution >= 4 is 17.4 Å². The average molecular weight is 314 g/mol. The minimum absolute atomic E-state index is 0.0670. The highest BCUT2D eigenvalue weighted by Gasteiger charge is 2.22. The molecule has 1 aromatic heterocycles. The zero-order valence-corrected chi connectivity index (χ0v) is 13.7. The zero-order valence-electron chi connectivity index (χ0n) is 12.9. The minimum atomic E-state index is 0.0670. The van der Waals surface area contributed by atoms with E-state index >= 15 is 0 Å². The summed E-state index contributed by atoms with van der Waals surface area (Å²) in [5.74, 6) is 0. The number of nitrogens with zero attached hydrogens (tertiary/aromatic N) is 1. The van der Waals surface area contributed by atoms with Crippen LogP contribution in [-0.2, 0) is 19.4 Å². The fraction of sp³-hybridized carbons (Fsp3) is 0.389. The Balaban J connectivity index is 1.47. The summed E-state index contributed by atoms with van der Waals surface area (Å²) in [6, 6.07) is 12.8. The van der Waals surface area contributed by atoms with Crippen molar-refractivity contribution < 1.29 is 4.79 Å². The van der Waals surface area contributed by atoms with Gasteiger partial charge in [0.25, 0.3) is 0 Å². The number of thiophene rings is 1. The molecule has 0 aliphatic carbocycles. The summed E-state index contributed by atoms with van der Waals surface area (Å²) >= 11 is 1.80. The first-order chi connectivity index (χ1) is 10.7. The Hall–Kier alpha value is -1.81. The molecule has 0 saturated heterocycles. The molecular formula is C18H22N2OS. The van der Waals surface area contributed by atoms with Crippen LogP contribution in [0.4, 0.5) is 4.79 Å². The highest BCUT2D eigenvalue weighted by molar-refractivity contribution is 7.10. The summed E-state index contributed by atoms with van der Waals surface area (Å²) in [6.07, 6.45) is 2.95. The van der Waals surface area contributed by atoms with Gasteiger partial charge in [0.05, 0.1) is 0 Å². The molecule has 0 fully saturated rings. The molecule has 1 aliphatic rings. The highest BCUT2D eigenvalue weighted by Crippen LogP contribution is 2.23. The molecule has 1 aromatic carbocycles. The van der Waals surface area contributed by atoms with Gasteiger partial charge in [0, 0.05) is 24.0 Å².